The van der Waals surface area contributed by atoms with Gasteiger partial charge in [-0.2, -0.15) is 0 Å². The Morgan fingerprint density at radius 1 is 1.10 bits per heavy atom. The van der Waals surface area contributed by atoms with Crippen LogP contribution in [0.3, 0.4) is 0 Å². The van der Waals surface area contributed by atoms with Crippen molar-refractivity contribution in [2.75, 3.05) is 0 Å². The largest absolute Gasteiger partial charge is 0.323 e. The predicted molar refractivity (Wildman–Crippen MR) is 77.7 cm³/mol. The molecule has 1 aliphatic carbocycles. The summed E-state index contributed by atoms with van der Waals surface area (Å²) in [6.07, 6.45) is 7.36. The van der Waals surface area contributed by atoms with Crippen molar-refractivity contribution in [2.45, 2.75) is 37.1 Å². The fourth-order valence-corrected chi connectivity index (χ4v) is 3.47. The molecule has 1 heterocycles. The number of hydrogen-bond donors (Lipinski definition) is 1. The Balaban J connectivity index is 2.03. The summed E-state index contributed by atoms with van der Waals surface area (Å²) in [7, 11) is 0. The minimum Gasteiger partial charge on any atom is -0.323 e. The van der Waals surface area contributed by atoms with E-state index in [-0.39, 0.29) is 17.3 Å². The average molecular weight is 270 g/mol. The normalized spacial score (nSPS) is 18.9. The summed E-state index contributed by atoms with van der Waals surface area (Å²) in [4.78, 5) is 3.95. The number of nitrogens with two attached hydrogens (primary N) is 1. The summed E-state index contributed by atoms with van der Waals surface area (Å²) in [5.41, 5.74) is 8.49. The molecule has 1 aromatic carbocycles. The summed E-state index contributed by atoms with van der Waals surface area (Å²) < 4.78 is 13.4. The molecule has 0 radical (unpaired) electrons. The lowest BCUT2D eigenvalue weighted by Gasteiger charge is -2.36. The zero-order chi connectivity index (χ0) is 14.0. The molecule has 1 aromatic heterocycles. The van der Waals surface area contributed by atoms with Gasteiger partial charge in [-0.3, -0.25) is 4.98 Å². The molecule has 0 spiro atoms. The number of benzene rings is 1. The standard InChI is InChI=1S/C17H19FN2/c18-15-10-13(11-20-12-15)16(19)17(8-4-5-9-17)14-6-2-1-3-7-14/h1-3,6-7,10-12,16H,4-5,8-9,19H2. The number of nitrogens with zero attached hydrogens (tertiary/aromatic N) is 1. The van der Waals surface area contributed by atoms with Crippen LogP contribution in [0.15, 0.2) is 48.8 Å². The van der Waals surface area contributed by atoms with E-state index < -0.39 is 0 Å². The number of pyridine rings is 1. The molecular formula is C17H19FN2. The highest BCUT2D eigenvalue weighted by Gasteiger charge is 2.41. The Hall–Kier alpha value is -1.74. The molecule has 1 fully saturated rings. The zero-order valence-corrected chi connectivity index (χ0v) is 11.4. The quantitative estimate of drug-likeness (QED) is 0.923. The lowest BCUT2D eigenvalue weighted by atomic mass is 9.71. The van der Waals surface area contributed by atoms with Gasteiger partial charge < -0.3 is 5.73 Å². The third kappa shape index (κ3) is 2.22. The minimum atomic E-state index is -0.320. The van der Waals surface area contributed by atoms with Crippen molar-refractivity contribution < 1.29 is 4.39 Å². The van der Waals surface area contributed by atoms with Gasteiger partial charge in [-0.15, -0.1) is 0 Å². The number of halogens is 1. The second-order valence-corrected chi connectivity index (χ2v) is 5.64. The van der Waals surface area contributed by atoms with Crippen LogP contribution in [-0.4, -0.2) is 4.98 Å². The maximum atomic E-state index is 13.4. The summed E-state index contributed by atoms with van der Waals surface area (Å²) in [5, 5.41) is 0. The van der Waals surface area contributed by atoms with Gasteiger partial charge in [-0.05, 0) is 30.0 Å². The number of rotatable bonds is 3. The van der Waals surface area contributed by atoms with E-state index in [1.807, 2.05) is 18.2 Å². The van der Waals surface area contributed by atoms with Gasteiger partial charge in [0.15, 0.2) is 0 Å². The first-order chi connectivity index (χ1) is 9.72. The van der Waals surface area contributed by atoms with Crippen molar-refractivity contribution in [3.05, 3.63) is 65.7 Å². The molecule has 0 aliphatic heterocycles. The molecule has 104 valence electrons. The predicted octanol–water partition coefficient (Wildman–Crippen LogP) is 3.73. The summed E-state index contributed by atoms with van der Waals surface area (Å²) in [6.45, 7) is 0. The molecule has 0 bridgehead atoms. The highest BCUT2D eigenvalue weighted by Crippen LogP contribution is 2.48. The lowest BCUT2D eigenvalue weighted by molar-refractivity contribution is 0.355. The SMILES string of the molecule is NC(c1cncc(F)c1)C1(c2ccccc2)CCCC1. The van der Waals surface area contributed by atoms with Crippen LogP contribution in [-0.2, 0) is 5.41 Å². The second-order valence-electron chi connectivity index (χ2n) is 5.64. The van der Waals surface area contributed by atoms with E-state index in [1.54, 1.807) is 6.20 Å². The van der Waals surface area contributed by atoms with E-state index in [2.05, 4.69) is 17.1 Å². The van der Waals surface area contributed by atoms with Gasteiger partial charge in [-0.1, -0.05) is 43.2 Å². The summed E-state index contributed by atoms with van der Waals surface area (Å²) in [5.74, 6) is -0.320. The van der Waals surface area contributed by atoms with Crippen LogP contribution in [0.4, 0.5) is 4.39 Å². The molecule has 2 nitrogen and oxygen atoms in total. The highest BCUT2D eigenvalue weighted by atomic mass is 19.1. The van der Waals surface area contributed by atoms with Crippen LogP contribution in [0.25, 0.3) is 0 Å². The molecule has 1 aliphatic rings. The first-order valence-corrected chi connectivity index (χ1v) is 7.14. The highest BCUT2D eigenvalue weighted by molar-refractivity contribution is 5.33. The second kappa shape index (κ2) is 5.33. The maximum absolute atomic E-state index is 13.4. The molecule has 1 atom stereocenters. The van der Waals surface area contributed by atoms with E-state index in [1.165, 1.54) is 30.7 Å². The van der Waals surface area contributed by atoms with Gasteiger partial charge in [0, 0.05) is 17.7 Å². The Kier molecular flexibility index (Phi) is 3.53. The summed E-state index contributed by atoms with van der Waals surface area (Å²) in [6, 6.07) is 11.7. The molecule has 1 saturated carbocycles. The Morgan fingerprint density at radius 3 is 2.45 bits per heavy atom. The first kappa shape index (κ1) is 13.3. The average Bonchev–Trinajstić information content (AvgIpc) is 2.98. The third-order valence-electron chi connectivity index (χ3n) is 4.52. The van der Waals surface area contributed by atoms with Crippen molar-refractivity contribution in [1.29, 1.82) is 0 Å². The molecule has 0 saturated heterocycles. The first-order valence-electron chi connectivity index (χ1n) is 7.14. The molecule has 3 rings (SSSR count). The van der Waals surface area contributed by atoms with Crippen LogP contribution in [0.1, 0.15) is 42.9 Å². The van der Waals surface area contributed by atoms with Gasteiger partial charge in [0.25, 0.3) is 0 Å². The van der Waals surface area contributed by atoms with Crippen LogP contribution >= 0.6 is 0 Å². The van der Waals surface area contributed by atoms with Crippen molar-refractivity contribution in [3.63, 3.8) is 0 Å². The van der Waals surface area contributed by atoms with Gasteiger partial charge in [0.05, 0.1) is 6.20 Å². The van der Waals surface area contributed by atoms with Crippen LogP contribution in [0.2, 0.25) is 0 Å². The van der Waals surface area contributed by atoms with Crippen molar-refractivity contribution in [1.82, 2.24) is 4.98 Å². The van der Waals surface area contributed by atoms with Crippen LogP contribution in [0.5, 0.6) is 0 Å². The summed E-state index contributed by atoms with van der Waals surface area (Å²) >= 11 is 0. The topological polar surface area (TPSA) is 38.9 Å². The van der Waals surface area contributed by atoms with Crippen molar-refractivity contribution in [2.24, 2.45) is 5.73 Å². The molecule has 20 heavy (non-hydrogen) atoms. The maximum Gasteiger partial charge on any atom is 0.141 e. The van der Waals surface area contributed by atoms with Gasteiger partial charge in [-0.25, -0.2) is 4.39 Å². The van der Waals surface area contributed by atoms with E-state index in [4.69, 9.17) is 5.73 Å². The van der Waals surface area contributed by atoms with Gasteiger partial charge >= 0.3 is 0 Å². The van der Waals surface area contributed by atoms with Crippen molar-refractivity contribution in [3.8, 4) is 0 Å². The molecule has 1 unspecified atom stereocenters. The van der Waals surface area contributed by atoms with E-state index in [0.29, 0.717) is 0 Å². The number of hydrogen-bond acceptors (Lipinski definition) is 2. The van der Waals surface area contributed by atoms with E-state index >= 15 is 0 Å². The monoisotopic (exact) mass is 270 g/mol. The fourth-order valence-electron chi connectivity index (χ4n) is 3.47. The molecule has 2 N–H and O–H groups in total. The third-order valence-corrected chi connectivity index (χ3v) is 4.52. The minimum absolute atomic E-state index is 0.0866. The van der Waals surface area contributed by atoms with E-state index in [9.17, 15) is 4.39 Å². The van der Waals surface area contributed by atoms with Crippen LogP contribution < -0.4 is 5.73 Å². The van der Waals surface area contributed by atoms with Crippen molar-refractivity contribution >= 4 is 0 Å². The Labute approximate surface area is 118 Å². The Bertz CT molecular complexity index is 577. The molecule has 2 aromatic rings. The molecule has 0 amide bonds. The fraction of sp³-hybridized carbons (Fsp3) is 0.353. The smallest absolute Gasteiger partial charge is 0.141 e. The molecular weight excluding hydrogens is 251 g/mol. The van der Waals surface area contributed by atoms with Gasteiger partial charge in [0.2, 0.25) is 0 Å². The Morgan fingerprint density at radius 2 is 1.80 bits per heavy atom. The molecule has 3 heteroatoms. The number of aromatic nitrogens is 1. The van der Waals surface area contributed by atoms with Crippen LogP contribution in [0, 0.1) is 5.82 Å². The van der Waals surface area contributed by atoms with Gasteiger partial charge in [0.1, 0.15) is 5.82 Å². The van der Waals surface area contributed by atoms with E-state index in [0.717, 1.165) is 18.4 Å². The zero-order valence-electron chi connectivity index (χ0n) is 11.4. The lowest BCUT2D eigenvalue weighted by Crippen LogP contribution is -2.36.